The van der Waals surface area contributed by atoms with Gasteiger partial charge in [-0.3, -0.25) is 4.79 Å². The molecule has 0 aromatic carbocycles. The van der Waals surface area contributed by atoms with Gasteiger partial charge < -0.3 is 0 Å². The van der Waals surface area contributed by atoms with Crippen molar-refractivity contribution in [1.29, 1.82) is 0 Å². The Balaban J connectivity index is 4.58. The molecule has 17 heavy (non-hydrogen) atoms. The Hall–Kier alpha value is -2.15. The molecule has 0 aromatic heterocycles. The lowest BCUT2D eigenvalue weighted by Crippen LogP contribution is -1.93. The van der Waals surface area contributed by atoms with Crippen molar-refractivity contribution in [2.75, 3.05) is 0 Å². The highest BCUT2D eigenvalue weighted by atomic mass is 16.1. The molecule has 0 aliphatic rings. The summed E-state index contributed by atoms with van der Waals surface area (Å²) in [4.78, 5) is 11.6. The summed E-state index contributed by atoms with van der Waals surface area (Å²) in [5, 5.41) is 0. The molecule has 0 heterocycles. The van der Waals surface area contributed by atoms with Gasteiger partial charge in [-0.05, 0) is 18.6 Å². The molecule has 0 N–H and O–H groups in total. The summed E-state index contributed by atoms with van der Waals surface area (Å²) in [5.74, 6) is -0.123. The highest BCUT2D eigenvalue weighted by Crippen LogP contribution is 2.02. The largest absolute Gasteiger partial charge is 0.289 e. The van der Waals surface area contributed by atoms with Gasteiger partial charge in [-0.25, -0.2) is 0 Å². The fourth-order valence-corrected chi connectivity index (χ4v) is 0.972. The first-order chi connectivity index (χ1) is 8.15. The smallest absolute Gasteiger partial charge is 0.185 e. The maximum absolute atomic E-state index is 11.6. The quantitative estimate of drug-likeness (QED) is 0.472. The van der Waals surface area contributed by atoms with Crippen LogP contribution in [0.5, 0.6) is 0 Å². The summed E-state index contributed by atoms with van der Waals surface area (Å²) in [5.41, 5.74) is 1.28. The molecule has 0 unspecified atom stereocenters. The second-order valence-electron chi connectivity index (χ2n) is 3.21. The molecule has 88 valence electrons. The molecule has 0 saturated heterocycles. The van der Waals surface area contributed by atoms with Crippen molar-refractivity contribution in [1.82, 2.24) is 0 Å². The van der Waals surface area contributed by atoms with Gasteiger partial charge >= 0.3 is 0 Å². The Morgan fingerprint density at radius 2 is 1.76 bits per heavy atom. The van der Waals surface area contributed by atoms with Crippen LogP contribution in [0.3, 0.4) is 0 Å². The number of hydrogen-bond acceptors (Lipinski definition) is 1. The summed E-state index contributed by atoms with van der Waals surface area (Å²) in [6.45, 7) is 12.8. The third kappa shape index (κ3) is 6.85. The fourth-order valence-electron chi connectivity index (χ4n) is 0.972. The maximum Gasteiger partial charge on any atom is 0.185 e. The summed E-state index contributed by atoms with van der Waals surface area (Å²) in [7, 11) is 0. The summed E-state index contributed by atoms with van der Waals surface area (Å²) >= 11 is 0. The van der Waals surface area contributed by atoms with E-state index in [1.165, 1.54) is 6.08 Å². The zero-order valence-electron chi connectivity index (χ0n) is 10.2. The van der Waals surface area contributed by atoms with E-state index < -0.39 is 0 Å². The van der Waals surface area contributed by atoms with Crippen LogP contribution in [0, 0.1) is 0 Å². The van der Waals surface area contributed by atoms with E-state index in [-0.39, 0.29) is 5.78 Å². The number of carbonyl (C=O) groups excluding carboxylic acids is 1. The van der Waals surface area contributed by atoms with Gasteiger partial charge in [-0.1, -0.05) is 68.3 Å². The predicted molar refractivity (Wildman–Crippen MR) is 75.7 cm³/mol. The molecule has 0 amide bonds. The molecule has 1 nitrogen and oxygen atoms in total. The Labute approximate surface area is 104 Å². The number of ketones is 1. The minimum absolute atomic E-state index is 0.123. The van der Waals surface area contributed by atoms with Crippen LogP contribution in [0.1, 0.15) is 6.92 Å². The highest BCUT2D eigenvalue weighted by molar-refractivity contribution is 6.05. The van der Waals surface area contributed by atoms with Crippen molar-refractivity contribution in [3.63, 3.8) is 0 Å². The van der Waals surface area contributed by atoms with E-state index in [1.54, 1.807) is 36.5 Å². The van der Waals surface area contributed by atoms with E-state index in [0.717, 1.165) is 5.57 Å². The predicted octanol–water partition coefficient (Wildman–Crippen LogP) is 4.10. The van der Waals surface area contributed by atoms with E-state index in [9.17, 15) is 4.79 Å². The van der Waals surface area contributed by atoms with Crippen LogP contribution in [0.15, 0.2) is 85.6 Å². The molecule has 1 heteroatoms. The van der Waals surface area contributed by atoms with E-state index in [2.05, 4.69) is 19.7 Å². The monoisotopic (exact) mass is 226 g/mol. The van der Waals surface area contributed by atoms with Gasteiger partial charge in [-0.2, -0.15) is 0 Å². The van der Waals surface area contributed by atoms with Crippen molar-refractivity contribution < 1.29 is 4.79 Å². The first-order valence-corrected chi connectivity index (χ1v) is 5.31. The molecule has 0 aliphatic heterocycles. The zero-order chi connectivity index (χ0) is 13.1. The van der Waals surface area contributed by atoms with Crippen LogP contribution in [0.4, 0.5) is 0 Å². The molecule has 0 saturated carbocycles. The molecule has 0 radical (unpaired) electrons. The van der Waals surface area contributed by atoms with Crippen molar-refractivity contribution >= 4 is 5.78 Å². The molecular weight excluding hydrogens is 208 g/mol. The lowest BCUT2D eigenvalue weighted by Gasteiger charge is -1.93. The molecule has 0 spiro atoms. The Bertz CT molecular complexity index is 415. The first-order valence-electron chi connectivity index (χ1n) is 5.31. The number of allylic oxidation sites excluding steroid dienone is 11. The van der Waals surface area contributed by atoms with Gasteiger partial charge in [0.1, 0.15) is 0 Å². The van der Waals surface area contributed by atoms with Crippen LogP contribution in [0.25, 0.3) is 0 Å². The number of carbonyl (C=O) groups is 1. The zero-order valence-corrected chi connectivity index (χ0v) is 10.2. The normalized spacial score (nSPS) is 12.4. The van der Waals surface area contributed by atoms with Gasteiger partial charge in [0.05, 0.1) is 0 Å². The molecule has 0 fully saturated rings. The summed E-state index contributed by atoms with van der Waals surface area (Å²) < 4.78 is 0. The molecule has 0 aromatic rings. The van der Waals surface area contributed by atoms with Crippen LogP contribution in [-0.2, 0) is 4.79 Å². The molecule has 0 atom stereocenters. The van der Waals surface area contributed by atoms with E-state index in [1.807, 2.05) is 19.1 Å². The van der Waals surface area contributed by atoms with Gasteiger partial charge in [0.25, 0.3) is 0 Å². The third-order valence-corrected chi connectivity index (χ3v) is 1.89. The van der Waals surface area contributed by atoms with E-state index in [4.69, 9.17) is 0 Å². The first kappa shape index (κ1) is 14.8. The SMILES string of the molecule is C=C/C=C(C=C)/C=C/C(=O)C(=C)/C=C\C=C/C. The summed E-state index contributed by atoms with van der Waals surface area (Å²) in [6.07, 6.45) is 15.4. The average molecular weight is 226 g/mol. The average Bonchev–Trinajstić information content (AvgIpc) is 2.34. The van der Waals surface area contributed by atoms with Crippen molar-refractivity contribution in [3.8, 4) is 0 Å². The van der Waals surface area contributed by atoms with Crippen LogP contribution >= 0.6 is 0 Å². The molecule has 0 bridgehead atoms. The molecule has 0 rings (SSSR count). The topological polar surface area (TPSA) is 17.1 Å². The van der Waals surface area contributed by atoms with Gasteiger partial charge in [0.2, 0.25) is 0 Å². The van der Waals surface area contributed by atoms with Gasteiger partial charge in [0.15, 0.2) is 5.78 Å². The second kappa shape index (κ2) is 9.10. The minimum Gasteiger partial charge on any atom is -0.289 e. The number of hydrogen-bond donors (Lipinski definition) is 0. The fraction of sp³-hybridized carbons (Fsp3) is 0.0625. The lowest BCUT2D eigenvalue weighted by atomic mass is 10.1. The summed E-state index contributed by atoms with van der Waals surface area (Å²) in [6, 6.07) is 0. The maximum atomic E-state index is 11.6. The highest BCUT2D eigenvalue weighted by Gasteiger charge is 1.97. The van der Waals surface area contributed by atoms with Gasteiger partial charge in [0, 0.05) is 5.57 Å². The van der Waals surface area contributed by atoms with Crippen LogP contribution in [0.2, 0.25) is 0 Å². The lowest BCUT2D eigenvalue weighted by molar-refractivity contribution is -0.111. The van der Waals surface area contributed by atoms with Crippen molar-refractivity contribution in [3.05, 3.63) is 85.6 Å². The van der Waals surface area contributed by atoms with Gasteiger partial charge in [-0.15, -0.1) is 0 Å². The van der Waals surface area contributed by atoms with Crippen LogP contribution < -0.4 is 0 Å². The molecule has 0 aliphatic carbocycles. The van der Waals surface area contributed by atoms with Crippen molar-refractivity contribution in [2.24, 2.45) is 0 Å². The third-order valence-electron chi connectivity index (χ3n) is 1.89. The standard InChI is InChI=1S/C16H18O/c1-5-8-9-11-14(4)16(17)13-12-15(7-3)10-6-2/h5-13H,2-4H2,1H3/b8-5-,11-9-,13-12+,15-10+. The molecular formula is C16H18O. The van der Waals surface area contributed by atoms with Crippen LogP contribution in [-0.4, -0.2) is 5.78 Å². The second-order valence-corrected chi connectivity index (χ2v) is 3.21. The van der Waals surface area contributed by atoms with E-state index in [0.29, 0.717) is 5.57 Å². The Kier molecular flexibility index (Phi) is 7.95. The minimum atomic E-state index is -0.123. The number of rotatable bonds is 7. The van der Waals surface area contributed by atoms with E-state index >= 15 is 0 Å². The Morgan fingerprint density at radius 1 is 1.06 bits per heavy atom. The van der Waals surface area contributed by atoms with Crippen molar-refractivity contribution in [2.45, 2.75) is 6.92 Å². The Morgan fingerprint density at radius 3 is 2.29 bits per heavy atom.